The van der Waals surface area contributed by atoms with Crippen LogP contribution in [0.4, 0.5) is 0 Å². The maximum atomic E-state index is 12.6. The number of nitrogens with zero attached hydrogens (tertiary/aromatic N) is 1. The first-order chi connectivity index (χ1) is 9.06. The number of aromatic hydroxyl groups is 2. The molecule has 0 radical (unpaired) electrons. The number of fused-ring (bicyclic) bond motifs is 2. The number of hydrogen-bond donors (Lipinski definition) is 2. The van der Waals surface area contributed by atoms with Crippen molar-refractivity contribution >= 4 is 17.5 Å². The second-order valence-electron chi connectivity index (χ2n) is 5.37. The summed E-state index contributed by atoms with van der Waals surface area (Å²) < 4.78 is 0. The van der Waals surface area contributed by atoms with Crippen LogP contribution in [-0.4, -0.2) is 38.5 Å². The number of halogens is 1. The molecule has 1 aromatic carbocycles. The van der Waals surface area contributed by atoms with Crippen LogP contribution >= 0.6 is 11.6 Å². The Kier molecular flexibility index (Phi) is 3.05. The van der Waals surface area contributed by atoms with Crippen molar-refractivity contribution in [3.05, 3.63) is 23.8 Å². The smallest absolute Gasteiger partial charge is 0.258 e. The van der Waals surface area contributed by atoms with Crippen molar-refractivity contribution in [1.29, 1.82) is 0 Å². The largest absolute Gasteiger partial charge is 0.508 e. The number of benzene rings is 1. The predicted octanol–water partition coefficient (Wildman–Crippen LogP) is 2.47. The number of phenols is 2. The number of phenolic OH excluding ortho intramolecular Hbond substituents is 2. The van der Waals surface area contributed by atoms with Gasteiger partial charge in [-0.1, -0.05) is 0 Å². The third kappa shape index (κ3) is 2.14. The van der Waals surface area contributed by atoms with Crippen molar-refractivity contribution in [2.75, 3.05) is 0 Å². The fourth-order valence-electron chi connectivity index (χ4n) is 3.28. The molecule has 3 rings (SSSR count). The molecule has 1 aromatic rings. The summed E-state index contributed by atoms with van der Waals surface area (Å²) in [5, 5.41) is 19.4. The van der Waals surface area contributed by atoms with E-state index in [-0.39, 0.29) is 40.4 Å². The average Bonchev–Trinajstić information content (AvgIpc) is 2.64. The zero-order valence-corrected chi connectivity index (χ0v) is 11.2. The van der Waals surface area contributed by atoms with Crippen LogP contribution in [0, 0.1) is 0 Å². The number of hydrogen-bond acceptors (Lipinski definition) is 3. The molecule has 2 fully saturated rings. The predicted molar refractivity (Wildman–Crippen MR) is 71.6 cm³/mol. The molecule has 1 amide bonds. The van der Waals surface area contributed by atoms with Gasteiger partial charge in [0.1, 0.15) is 11.5 Å². The molecule has 2 heterocycles. The van der Waals surface area contributed by atoms with Gasteiger partial charge in [-0.05, 0) is 43.9 Å². The summed E-state index contributed by atoms with van der Waals surface area (Å²) in [6.07, 6.45) is 3.56. The minimum Gasteiger partial charge on any atom is -0.508 e. The normalized spacial score (nSPS) is 29.5. The van der Waals surface area contributed by atoms with Gasteiger partial charge in [-0.2, -0.15) is 0 Å². The van der Waals surface area contributed by atoms with Gasteiger partial charge in [0.05, 0.1) is 5.56 Å². The van der Waals surface area contributed by atoms with Crippen LogP contribution in [0.5, 0.6) is 11.5 Å². The molecule has 0 spiro atoms. The number of alkyl halides is 1. The van der Waals surface area contributed by atoms with E-state index in [0.29, 0.717) is 0 Å². The van der Waals surface area contributed by atoms with Crippen molar-refractivity contribution < 1.29 is 15.0 Å². The third-order valence-corrected chi connectivity index (χ3v) is 4.48. The van der Waals surface area contributed by atoms with E-state index in [2.05, 4.69) is 0 Å². The highest BCUT2D eigenvalue weighted by atomic mass is 35.5. The number of amides is 1. The molecule has 2 bridgehead atoms. The Balaban J connectivity index is 1.90. The van der Waals surface area contributed by atoms with Gasteiger partial charge in [0.15, 0.2) is 0 Å². The number of piperidine rings is 1. The van der Waals surface area contributed by atoms with Gasteiger partial charge >= 0.3 is 0 Å². The van der Waals surface area contributed by atoms with E-state index in [1.54, 1.807) is 0 Å². The van der Waals surface area contributed by atoms with E-state index in [9.17, 15) is 15.0 Å². The molecule has 4 nitrogen and oxygen atoms in total. The second-order valence-corrected chi connectivity index (χ2v) is 5.98. The van der Waals surface area contributed by atoms with Gasteiger partial charge in [-0.3, -0.25) is 4.79 Å². The minimum atomic E-state index is -0.204. The Morgan fingerprint density at radius 3 is 2.47 bits per heavy atom. The maximum Gasteiger partial charge on any atom is 0.258 e. The zero-order valence-electron chi connectivity index (χ0n) is 10.4. The van der Waals surface area contributed by atoms with E-state index in [1.807, 2.05) is 4.90 Å². The zero-order chi connectivity index (χ0) is 13.6. The molecule has 2 aliphatic heterocycles. The van der Waals surface area contributed by atoms with E-state index >= 15 is 0 Å². The fraction of sp³-hybridized carbons (Fsp3) is 0.500. The molecular weight excluding hydrogens is 266 g/mol. The van der Waals surface area contributed by atoms with Crippen LogP contribution in [0.15, 0.2) is 18.2 Å². The van der Waals surface area contributed by atoms with Crippen molar-refractivity contribution in [2.24, 2.45) is 0 Å². The first kappa shape index (κ1) is 12.6. The lowest BCUT2D eigenvalue weighted by atomic mass is 10.0. The van der Waals surface area contributed by atoms with Crippen molar-refractivity contribution in [1.82, 2.24) is 4.90 Å². The Morgan fingerprint density at radius 1 is 1.21 bits per heavy atom. The highest BCUT2D eigenvalue weighted by Gasteiger charge is 2.43. The Morgan fingerprint density at radius 2 is 1.84 bits per heavy atom. The van der Waals surface area contributed by atoms with E-state index in [4.69, 9.17) is 11.6 Å². The Labute approximate surface area is 116 Å². The molecule has 0 aliphatic carbocycles. The highest BCUT2D eigenvalue weighted by Crippen LogP contribution is 2.39. The van der Waals surface area contributed by atoms with Crippen LogP contribution in [0.2, 0.25) is 0 Å². The van der Waals surface area contributed by atoms with Crippen LogP contribution in [-0.2, 0) is 0 Å². The summed E-state index contributed by atoms with van der Waals surface area (Å²) in [6, 6.07) is 4.36. The first-order valence-corrected chi connectivity index (χ1v) is 6.98. The van der Waals surface area contributed by atoms with Gasteiger partial charge in [-0.15, -0.1) is 11.6 Å². The minimum absolute atomic E-state index is 0.0132. The lowest BCUT2D eigenvalue weighted by Gasteiger charge is -2.37. The van der Waals surface area contributed by atoms with Gasteiger partial charge in [0, 0.05) is 17.5 Å². The number of carbonyl (C=O) groups excluding carboxylic acids is 1. The van der Waals surface area contributed by atoms with Crippen LogP contribution < -0.4 is 0 Å². The van der Waals surface area contributed by atoms with Gasteiger partial charge in [0.2, 0.25) is 0 Å². The van der Waals surface area contributed by atoms with E-state index in [1.165, 1.54) is 18.2 Å². The summed E-state index contributed by atoms with van der Waals surface area (Å²) in [4.78, 5) is 14.4. The summed E-state index contributed by atoms with van der Waals surface area (Å²) in [6.45, 7) is 0. The summed E-state index contributed by atoms with van der Waals surface area (Å²) in [7, 11) is 0. The second kappa shape index (κ2) is 4.60. The van der Waals surface area contributed by atoms with Crippen molar-refractivity contribution in [3.8, 4) is 11.5 Å². The summed E-state index contributed by atoms with van der Waals surface area (Å²) in [5.74, 6) is -0.305. The summed E-state index contributed by atoms with van der Waals surface area (Å²) >= 11 is 6.19. The van der Waals surface area contributed by atoms with Crippen molar-refractivity contribution in [2.45, 2.75) is 43.1 Å². The molecule has 2 saturated heterocycles. The Bertz CT molecular complexity index is 505. The lowest BCUT2D eigenvalue weighted by Crippen LogP contribution is -2.46. The number of carbonyl (C=O) groups is 1. The highest BCUT2D eigenvalue weighted by molar-refractivity contribution is 6.20. The van der Waals surface area contributed by atoms with Crippen molar-refractivity contribution in [3.63, 3.8) is 0 Å². The average molecular weight is 282 g/mol. The van der Waals surface area contributed by atoms with Crippen LogP contribution in [0.3, 0.4) is 0 Å². The van der Waals surface area contributed by atoms with E-state index < -0.39 is 0 Å². The fourth-order valence-corrected chi connectivity index (χ4v) is 3.69. The molecule has 2 unspecified atom stereocenters. The topological polar surface area (TPSA) is 60.8 Å². The lowest BCUT2D eigenvalue weighted by molar-refractivity contribution is 0.0596. The first-order valence-electron chi connectivity index (χ1n) is 6.55. The van der Waals surface area contributed by atoms with Crippen LogP contribution in [0.1, 0.15) is 36.0 Å². The molecule has 5 heteroatoms. The molecule has 2 atom stereocenters. The quantitative estimate of drug-likeness (QED) is 0.614. The standard InChI is InChI=1S/C14H16ClNO3/c15-8-5-9-1-2-10(6-8)16(9)14(19)12-7-11(17)3-4-13(12)18/h3-4,7-10,17-18H,1-2,5-6H2. The molecule has 2 aliphatic rings. The molecule has 19 heavy (non-hydrogen) atoms. The summed E-state index contributed by atoms with van der Waals surface area (Å²) in [5.41, 5.74) is 0.171. The van der Waals surface area contributed by atoms with Gasteiger partial charge in [0.25, 0.3) is 5.91 Å². The third-order valence-electron chi connectivity index (χ3n) is 4.12. The monoisotopic (exact) mass is 281 g/mol. The van der Waals surface area contributed by atoms with Gasteiger partial charge < -0.3 is 15.1 Å². The van der Waals surface area contributed by atoms with Crippen LogP contribution in [0.25, 0.3) is 0 Å². The molecule has 0 aromatic heterocycles. The maximum absolute atomic E-state index is 12.6. The molecule has 2 N–H and O–H groups in total. The van der Waals surface area contributed by atoms with E-state index in [0.717, 1.165) is 25.7 Å². The van der Waals surface area contributed by atoms with Gasteiger partial charge in [-0.25, -0.2) is 0 Å². The number of rotatable bonds is 1. The molecular formula is C14H16ClNO3. The molecule has 102 valence electrons. The molecule has 0 saturated carbocycles. The Hall–Kier alpha value is -1.42. The SMILES string of the molecule is O=C(c1cc(O)ccc1O)N1C2CCC1CC(Cl)C2.